The molecule has 0 fully saturated rings. The smallest absolute Gasteiger partial charge is 0.143 e. The molecular formula is C53H35N3O. The number of aromatic nitrogens is 2. The fourth-order valence-electron chi connectivity index (χ4n) is 8.37. The zero-order valence-corrected chi connectivity index (χ0v) is 31.0. The van der Waals surface area contributed by atoms with Crippen LogP contribution in [0.5, 0.6) is 0 Å². The second-order valence-electron chi connectivity index (χ2n) is 14.4. The van der Waals surface area contributed by atoms with E-state index in [4.69, 9.17) is 4.42 Å². The lowest BCUT2D eigenvalue weighted by Crippen LogP contribution is -2.09. The predicted octanol–water partition coefficient (Wildman–Crippen LogP) is 14.5. The van der Waals surface area contributed by atoms with Crippen molar-refractivity contribution in [3.8, 4) is 39.1 Å². The van der Waals surface area contributed by atoms with Crippen molar-refractivity contribution in [3.05, 3.63) is 213 Å². The molecule has 0 saturated carbocycles. The highest BCUT2D eigenvalue weighted by molar-refractivity contribution is 6.10. The van der Waals surface area contributed by atoms with Crippen molar-refractivity contribution in [2.45, 2.75) is 0 Å². The van der Waals surface area contributed by atoms with E-state index in [1.807, 2.05) is 24.5 Å². The summed E-state index contributed by atoms with van der Waals surface area (Å²) >= 11 is 0. The maximum absolute atomic E-state index is 6.40. The summed E-state index contributed by atoms with van der Waals surface area (Å²) in [6.07, 6.45) is 3.84. The highest BCUT2D eigenvalue weighted by atomic mass is 16.3. The zero-order valence-electron chi connectivity index (χ0n) is 31.0. The minimum absolute atomic E-state index is 0.904. The van der Waals surface area contributed by atoms with Gasteiger partial charge in [-0.15, -0.1) is 0 Å². The van der Waals surface area contributed by atoms with Crippen LogP contribution >= 0.6 is 0 Å². The first-order valence-corrected chi connectivity index (χ1v) is 19.3. The van der Waals surface area contributed by atoms with Crippen LogP contribution < -0.4 is 4.90 Å². The number of para-hydroxylation sites is 3. The van der Waals surface area contributed by atoms with Gasteiger partial charge in [0.15, 0.2) is 0 Å². The lowest BCUT2D eigenvalue weighted by Gasteiger charge is -2.26. The number of benzene rings is 8. The summed E-state index contributed by atoms with van der Waals surface area (Å²) in [5, 5.41) is 4.62. The van der Waals surface area contributed by atoms with Gasteiger partial charge in [0.1, 0.15) is 11.2 Å². The number of nitrogens with zero attached hydrogens (tertiary/aromatic N) is 3. The SMILES string of the molecule is c1ccc(-c2ccc(N(c3ccc(-c4cccc(-n5c6ccccc6c6cnccc65)c4)cc3)c3ccc(-c4cccc5c4oc4ccccc45)cc3)cc2)cc1. The number of anilines is 3. The van der Waals surface area contributed by atoms with Crippen molar-refractivity contribution < 1.29 is 4.42 Å². The highest BCUT2D eigenvalue weighted by Gasteiger charge is 2.17. The molecule has 0 radical (unpaired) electrons. The van der Waals surface area contributed by atoms with Gasteiger partial charge in [-0.1, -0.05) is 133 Å². The second kappa shape index (κ2) is 13.6. The molecule has 0 spiro atoms. The van der Waals surface area contributed by atoms with E-state index < -0.39 is 0 Å². The summed E-state index contributed by atoms with van der Waals surface area (Å²) in [6.45, 7) is 0. The van der Waals surface area contributed by atoms with Crippen LogP contribution in [0.2, 0.25) is 0 Å². The molecule has 268 valence electrons. The van der Waals surface area contributed by atoms with Gasteiger partial charge < -0.3 is 13.9 Å². The molecule has 11 aromatic rings. The monoisotopic (exact) mass is 729 g/mol. The minimum atomic E-state index is 0.904. The number of furan rings is 1. The van der Waals surface area contributed by atoms with Gasteiger partial charge in [-0.2, -0.15) is 0 Å². The van der Waals surface area contributed by atoms with E-state index in [-0.39, 0.29) is 0 Å². The zero-order chi connectivity index (χ0) is 37.7. The molecule has 4 heteroatoms. The maximum Gasteiger partial charge on any atom is 0.143 e. The summed E-state index contributed by atoms with van der Waals surface area (Å²) in [5.74, 6) is 0. The maximum atomic E-state index is 6.40. The standard InChI is InChI=1S/C53H35N3O/c1-2-10-36(11-3-1)37-20-26-41(27-21-37)55(43-30-24-39(25-31-43)45-16-9-17-48-47-15-5-7-19-52(47)57-53(45)48)42-28-22-38(23-29-42)40-12-8-13-44(34-40)56-50-18-6-4-14-46(50)49-35-54-33-32-51(49)56/h1-35H. The fourth-order valence-corrected chi connectivity index (χ4v) is 8.37. The molecular weight excluding hydrogens is 695 g/mol. The largest absolute Gasteiger partial charge is 0.455 e. The van der Waals surface area contributed by atoms with E-state index in [2.05, 4.69) is 203 Å². The summed E-state index contributed by atoms with van der Waals surface area (Å²) in [5.41, 5.74) is 15.3. The predicted molar refractivity (Wildman–Crippen MR) is 237 cm³/mol. The lowest BCUT2D eigenvalue weighted by molar-refractivity contribution is 0.670. The van der Waals surface area contributed by atoms with Crippen LogP contribution in [0.15, 0.2) is 217 Å². The first kappa shape index (κ1) is 32.7. The van der Waals surface area contributed by atoms with Crippen molar-refractivity contribution in [2.75, 3.05) is 4.90 Å². The number of fused-ring (bicyclic) bond motifs is 6. The Kier molecular flexibility index (Phi) is 7.78. The molecule has 4 nitrogen and oxygen atoms in total. The van der Waals surface area contributed by atoms with Gasteiger partial charge in [-0.25, -0.2) is 0 Å². The molecule has 11 rings (SSSR count). The third-order valence-corrected chi connectivity index (χ3v) is 11.1. The quantitative estimate of drug-likeness (QED) is 0.164. The van der Waals surface area contributed by atoms with Crippen molar-refractivity contribution in [2.24, 2.45) is 0 Å². The molecule has 0 amide bonds. The van der Waals surface area contributed by atoms with Gasteiger partial charge >= 0.3 is 0 Å². The van der Waals surface area contributed by atoms with Crippen LogP contribution in [0, 0.1) is 0 Å². The van der Waals surface area contributed by atoms with Crippen LogP contribution in [0.1, 0.15) is 0 Å². The third-order valence-electron chi connectivity index (χ3n) is 11.1. The van der Waals surface area contributed by atoms with Crippen LogP contribution in [0.4, 0.5) is 17.1 Å². The summed E-state index contributed by atoms with van der Waals surface area (Å²) < 4.78 is 8.74. The molecule has 0 atom stereocenters. The molecule has 0 N–H and O–H groups in total. The van der Waals surface area contributed by atoms with Crippen LogP contribution in [-0.2, 0) is 0 Å². The third kappa shape index (κ3) is 5.66. The van der Waals surface area contributed by atoms with E-state index in [9.17, 15) is 0 Å². The number of pyridine rings is 1. The Morgan fingerprint density at radius 3 is 1.72 bits per heavy atom. The molecule has 0 unspecified atom stereocenters. The van der Waals surface area contributed by atoms with Crippen molar-refractivity contribution in [1.82, 2.24) is 9.55 Å². The first-order valence-electron chi connectivity index (χ1n) is 19.3. The molecule has 8 aromatic carbocycles. The summed E-state index contributed by atoms with van der Waals surface area (Å²) in [7, 11) is 0. The number of rotatable bonds is 7. The van der Waals surface area contributed by atoms with E-state index in [0.29, 0.717) is 0 Å². The van der Waals surface area contributed by atoms with Crippen LogP contribution in [-0.4, -0.2) is 9.55 Å². The molecule has 3 aromatic heterocycles. The molecule has 57 heavy (non-hydrogen) atoms. The van der Waals surface area contributed by atoms with E-state index in [1.54, 1.807) is 0 Å². The van der Waals surface area contributed by atoms with Gasteiger partial charge in [0.25, 0.3) is 0 Å². The molecule has 3 heterocycles. The Morgan fingerprint density at radius 1 is 0.404 bits per heavy atom. The van der Waals surface area contributed by atoms with E-state index in [1.165, 1.54) is 22.0 Å². The molecule has 0 aliphatic carbocycles. The van der Waals surface area contributed by atoms with E-state index in [0.717, 1.165) is 77.8 Å². The Balaban J connectivity index is 0.974. The van der Waals surface area contributed by atoms with Gasteiger partial charge in [0, 0.05) is 62.3 Å². The average Bonchev–Trinajstić information content (AvgIpc) is 3.84. The van der Waals surface area contributed by atoms with Crippen molar-refractivity contribution in [3.63, 3.8) is 0 Å². The Labute approximate surface area is 330 Å². The Morgan fingerprint density at radius 2 is 0.965 bits per heavy atom. The normalized spacial score (nSPS) is 11.5. The molecule has 0 aliphatic heterocycles. The fraction of sp³-hybridized carbons (Fsp3) is 0. The minimum Gasteiger partial charge on any atom is -0.455 e. The van der Waals surface area contributed by atoms with Gasteiger partial charge in [0.2, 0.25) is 0 Å². The van der Waals surface area contributed by atoms with Gasteiger partial charge in [0.05, 0.1) is 11.0 Å². The average molecular weight is 730 g/mol. The van der Waals surface area contributed by atoms with E-state index >= 15 is 0 Å². The highest BCUT2D eigenvalue weighted by Crippen LogP contribution is 2.40. The molecule has 0 saturated heterocycles. The Bertz CT molecular complexity index is 3160. The molecule has 0 aliphatic rings. The second-order valence-corrected chi connectivity index (χ2v) is 14.4. The summed E-state index contributed by atoms with van der Waals surface area (Å²) in [6, 6.07) is 71.2. The van der Waals surface area contributed by atoms with Gasteiger partial charge in [-0.3, -0.25) is 4.98 Å². The molecule has 0 bridgehead atoms. The topological polar surface area (TPSA) is 34.2 Å². The van der Waals surface area contributed by atoms with Crippen molar-refractivity contribution in [1.29, 1.82) is 0 Å². The number of hydrogen-bond donors (Lipinski definition) is 0. The summed E-state index contributed by atoms with van der Waals surface area (Å²) in [4.78, 5) is 6.76. The Hall–Kier alpha value is -7.69. The van der Waals surface area contributed by atoms with Crippen LogP contribution in [0.3, 0.4) is 0 Å². The first-order chi connectivity index (χ1) is 28.3. The van der Waals surface area contributed by atoms with Crippen LogP contribution in [0.25, 0.3) is 82.8 Å². The van der Waals surface area contributed by atoms with Gasteiger partial charge in [-0.05, 0) is 94.5 Å². The number of hydrogen-bond acceptors (Lipinski definition) is 3. The van der Waals surface area contributed by atoms with Crippen molar-refractivity contribution >= 4 is 60.8 Å². The lowest BCUT2D eigenvalue weighted by atomic mass is 10.0.